The molecule has 0 spiro atoms. The van der Waals surface area contributed by atoms with E-state index >= 15 is 0 Å². The number of fused-ring (bicyclic) bond motifs is 1. The summed E-state index contributed by atoms with van der Waals surface area (Å²) >= 11 is 8.08. The van der Waals surface area contributed by atoms with Crippen molar-refractivity contribution in [3.05, 3.63) is 28.8 Å². The lowest BCUT2D eigenvalue weighted by Gasteiger charge is -2.19. The number of halogens is 1. The van der Waals surface area contributed by atoms with Crippen molar-refractivity contribution in [3.8, 4) is 0 Å². The van der Waals surface area contributed by atoms with Gasteiger partial charge in [0.15, 0.2) is 0 Å². The highest BCUT2D eigenvalue weighted by Gasteiger charge is 2.27. The lowest BCUT2D eigenvalue weighted by atomic mass is 10.0. The van der Waals surface area contributed by atoms with E-state index in [9.17, 15) is 0 Å². The van der Waals surface area contributed by atoms with E-state index in [1.165, 1.54) is 41.9 Å². The van der Waals surface area contributed by atoms with Crippen LogP contribution in [0.2, 0.25) is 5.02 Å². The molecule has 2 aliphatic rings. The first-order valence-corrected chi connectivity index (χ1v) is 7.37. The summed E-state index contributed by atoms with van der Waals surface area (Å²) < 4.78 is 0. The van der Waals surface area contributed by atoms with Gasteiger partial charge in [-0.1, -0.05) is 11.6 Å². The van der Waals surface area contributed by atoms with Crippen LogP contribution < -0.4 is 5.32 Å². The molecule has 0 bridgehead atoms. The van der Waals surface area contributed by atoms with Gasteiger partial charge < -0.3 is 5.32 Å². The van der Waals surface area contributed by atoms with E-state index in [4.69, 9.17) is 11.6 Å². The van der Waals surface area contributed by atoms with Gasteiger partial charge in [0.1, 0.15) is 0 Å². The first-order chi connectivity index (χ1) is 7.83. The van der Waals surface area contributed by atoms with Crippen molar-refractivity contribution in [2.45, 2.75) is 42.7 Å². The van der Waals surface area contributed by atoms with Gasteiger partial charge in [-0.3, -0.25) is 0 Å². The van der Waals surface area contributed by atoms with E-state index in [2.05, 4.69) is 17.4 Å². The molecule has 1 nitrogen and oxygen atoms in total. The molecule has 1 N–H and O–H groups in total. The molecule has 0 radical (unpaired) electrons. The zero-order valence-electron chi connectivity index (χ0n) is 9.21. The average Bonchev–Trinajstić information content (AvgIpc) is 3.08. The Morgan fingerprint density at radius 3 is 2.94 bits per heavy atom. The van der Waals surface area contributed by atoms with Gasteiger partial charge in [0, 0.05) is 22.0 Å². The monoisotopic (exact) mass is 253 g/mol. The van der Waals surface area contributed by atoms with Crippen LogP contribution in [-0.4, -0.2) is 11.8 Å². The number of rotatable bonds is 2. The molecule has 1 saturated carbocycles. The van der Waals surface area contributed by atoms with Crippen LogP contribution >= 0.6 is 23.4 Å². The van der Waals surface area contributed by atoms with Gasteiger partial charge in [-0.05, 0) is 55.2 Å². The van der Waals surface area contributed by atoms with Crippen LogP contribution in [0.15, 0.2) is 23.1 Å². The molecule has 1 fully saturated rings. The SMILES string of the molecule is Clc1ccc2c(c1)C(NC1CC1)CCCS2. The molecule has 1 aromatic carbocycles. The molecule has 1 atom stereocenters. The van der Waals surface area contributed by atoms with Crippen molar-refractivity contribution in [2.24, 2.45) is 0 Å². The zero-order chi connectivity index (χ0) is 11.0. The molecular weight excluding hydrogens is 238 g/mol. The molecule has 3 rings (SSSR count). The predicted molar refractivity (Wildman–Crippen MR) is 70.3 cm³/mol. The number of nitrogens with one attached hydrogen (secondary N) is 1. The van der Waals surface area contributed by atoms with Gasteiger partial charge in [0.05, 0.1) is 0 Å². The maximum absolute atomic E-state index is 6.11. The molecular formula is C13H16ClNS. The van der Waals surface area contributed by atoms with Gasteiger partial charge in [0.25, 0.3) is 0 Å². The fraction of sp³-hybridized carbons (Fsp3) is 0.538. The summed E-state index contributed by atoms with van der Waals surface area (Å²) in [6, 6.07) is 7.62. The van der Waals surface area contributed by atoms with Crippen LogP contribution in [0.5, 0.6) is 0 Å². The Bertz CT molecular complexity index is 390. The van der Waals surface area contributed by atoms with Crippen molar-refractivity contribution >= 4 is 23.4 Å². The highest BCUT2D eigenvalue weighted by Crippen LogP contribution is 2.37. The fourth-order valence-electron chi connectivity index (χ4n) is 2.26. The van der Waals surface area contributed by atoms with Crippen molar-refractivity contribution in [1.29, 1.82) is 0 Å². The minimum Gasteiger partial charge on any atom is -0.307 e. The second kappa shape index (κ2) is 4.59. The molecule has 1 aliphatic heterocycles. The second-order valence-electron chi connectivity index (χ2n) is 4.67. The van der Waals surface area contributed by atoms with Gasteiger partial charge in [-0.15, -0.1) is 11.8 Å². The van der Waals surface area contributed by atoms with Crippen LogP contribution in [0.25, 0.3) is 0 Å². The number of benzene rings is 1. The first-order valence-electron chi connectivity index (χ1n) is 6.01. The normalized spacial score (nSPS) is 24.9. The van der Waals surface area contributed by atoms with E-state index in [0.29, 0.717) is 6.04 Å². The van der Waals surface area contributed by atoms with Crippen LogP contribution in [-0.2, 0) is 0 Å². The summed E-state index contributed by atoms with van der Waals surface area (Å²) in [5.41, 5.74) is 1.42. The maximum atomic E-state index is 6.11. The Hall–Kier alpha value is -0.180. The van der Waals surface area contributed by atoms with Crippen molar-refractivity contribution in [3.63, 3.8) is 0 Å². The lowest BCUT2D eigenvalue weighted by Crippen LogP contribution is -2.23. The molecule has 1 unspecified atom stereocenters. The van der Waals surface area contributed by atoms with Crippen molar-refractivity contribution in [2.75, 3.05) is 5.75 Å². The topological polar surface area (TPSA) is 12.0 Å². The largest absolute Gasteiger partial charge is 0.307 e. The third-order valence-electron chi connectivity index (χ3n) is 3.26. The Kier molecular flexibility index (Phi) is 3.14. The molecule has 0 aromatic heterocycles. The van der Waals surface area contributed by atoms with Crippen LogP contribution in [0.4, 0.5) is 0 Å². The summed E-state index contributed by atoms with van der Waals surface area (Å²) in [7, 11) is 0. The molecule has 0 saturated heterocycles. The minimum atomic E-state index is 0.524. The second-order valence-corrected chi connectivity index (χ2v) is 6.24. The quantitative estimate of drug-likeness (QED) is 0.855. The highest BCUT2D eigenvalue weighted by atomic mass is 35.5. The lowest BCUT2D eigenvalue weighted by molar-refractivity contribution is 0.490. The summed E-state index contributed by atoms with van der Waals surface area (Å²) in [5, 5.41) is 4.61. The van der Waals surface area contributed by atoms with E-state index in [0.717, 1.165) is 11.1 Å². The number of thioether (sulfide) groups is 1. The van der Waals surface area contributed by atoms with Gasteiger partial charge in [-0.2, -0.15) is 0 Å². The summed E-state index contributed by atoms with van der Waals surface area (Å²) in [6.07, 6.45) is 5.23. The molecule has 86 valence electrons. The van der Waals surface area contributed by atoms with E-state index in [-0.39, 0.29) is 0 Å². The molecule has 1 heterocycles. The number of hydrogen-bond donors (Lipinski definition) is 1. The Morgan fingerprint density at radius 2 is 2.12 bits per heavy atom. The summed E-state index contributed by atoms with van der Waals surface area (Å²) in [6.45, 7) is 0. The van der Waals surface area contributed by atoms with Gasteiger partial charge >= 0.3 is 0 Å². The Balaban J connectivity index is 1.90. The van der Waals surface area contributed by atoms with Crippen LogP contribution in [0, 0.1) is 0 Å². The number of hydrogen-bond acceptors (Lipinski definition) is 2. The minimum absolute atomic E-state index is 0.524. The standard InChI is InChI=1S/C13H16ClNS/c14-9-3-6-13-11(8-9)12(2-1-7-16-13)15-10-4-5-10/h3,6,8,10,12,15H,1-2,4-5,7H2. The third kappa shape index (κ3) is 2.39. The molecule has 0 amide bonds. The van der Waals surface area contributed by atoms with Gasteiger partial charge in [0.2, 0.25) is 0 Å². The Labute approximate surface area is 106 Å². The molecule has 1 aromatic rings. The first kappa shape index (κ1) is 10.9. The van der Waals surface area contributed by atoms with Crippen molar-refractivity contribution in [1.82, 2.24) is 5.32 Å². The smallest absolute Gasteiger partial charge is 0.0410 e. The average molecular weight is 254 g/mol. The summed E-state index contributed by atoms with van der Waals surface area (Å²) in [5.74, 6) is 1.23. The Morgan fingerprint density at radius 1 is 1.25 bits per heavy atom. The molecule has 16 heavy (non-hydrogen) atoms. The van der Waals surface area contributed by atoms with Crippen molar-refractivity contribution < 1.29 is 0 Å². The fourth-order valence-corrected chi connectivity index (χ4v) is 3.50. The van der Waals surface area contributed by atoms with E-state index in [1.54, 1.807) is 0 Å². The third-order valence-corrected chi connectivity index (χ3v) is 4.67. The molecule has 3 heteroatoms. The zero-order valence-corrected chi connectivity index (χ0v) is 10.8. The molecule has 1 aliphatic carbocycles. The van der Waals surface area contributed by atoms with Crippen LogP contribution in [0.3, 0.4) is 0 Å². The summed E-state index contributed by atoms with van der Waals surface area (Å²) in [4.78, 5) is 1.42. The van der Waals surface area contributed by atoms with Gasteiger partial charge in [-0.25, -0.2) is 0 Å². The van der Waals surface area contributed by atoms with E-state index in [1.807, 2.05) is 17.8 Å². The maximum Gasteiger partial charge on any atom is 0.0410 e. The predicted octanol–water partition coefficient (Wildman–Crippen LogP) is 4.02. The highest BCUT2D eigenvalue weighted by molar-refractivity contribution is 7.99. The van der Waals surface area contributed by atoms with Crippen LogP contribution in [0.1, 0.15) is 37.3 Å². The van der Waals surface area contributed by atoms with E-state index < -0.39 is 0 Å².